The lowest BCUT2D eigenvalue weighted by molar-refractivity contribution is -0.147. The number of methoxy groups -OCH3 is 2. The summed E-state index contributed by atoms with van der Waals surface area (Å²) in [6.45, 7) is -0.291. The van der Waals surface area contributed by atoms with E-state index in [4.69, 9.17) is 0 Å². The number of rotatable bonds is 8. The first-order chi connectivity index (χ1) is 9.49. The topological polar surface area (TPSA) is 105 Å². The van der Waals surface area contributed by atoms with Gasteiger partial charge in [0.15, 0.2) is 0 Å². The lowest BCUT2D eigenvalue weighted by atomic mass is 10.4. The van der Waals surface area contributed by atoms with E-state index in [0.717, 1.165) is 12.2 Å². The van der Waals surface area contributed by atoms with Crippen molar-refractivity contribution in [2.75, 3.05) is 27.4 Å². The average Bonchev–Trinajstić information content (AvgIpc) is 2.44. The van der Waals surface area contributed by atoms with Crippen molar-refractivity contribution < 1.29 is 38.1 Å². The highest BCUT2D eigenvalue weighted by Gasteiger charge is 2.05. The van der Waals surface area contributed by atoms with Gasteiger partial charge in [-0.25, -0.2) is 9.59 Å². The van der Waals surface area contributed by atoms with Gasteiger partial charge in [0, 0.05) is 12.2 Å². The fourth-order valence-corrected chi connectivity index (χ4v) is 0.906. The molecule has 0 aliphatic heterocycles. The molecule has 0 aromatic rings. The Morgan fingerprint density at radius 1 is 0.750 bits per heavy atom. The van der Waals surface area contributed by atoms with Crippen LogP contribution in [0.15, 0.2) is 12.2 Å². The molecule has 0 aromatic carbocycles. The molecule has 0 fully saturated rings. The Hall–Kier alpha value is -2.38. The van der Waals surface area contributed by atoms with Crippen molar-refractivity contribution >= 4 is 23.9 Å². The van der Waals surface area contributed by atoms with E-state index in [1.165, 1.54) is 14.2 Å². The van der Waals surface area contributed by atoms with Crippen molar-refractivity contribution in [2.24, 2.45) is 0 Å². The molecule has 0 saturated heterocycles. The lowest BCUT2D eigenvalue weighted by Crippen LogP contribution is -2.11. The van der Waals surface area contributed by atoms with Gasteiger partial charge >= 0.3 is 23.9 Å². The molecule has 112 valence electrons. The highest BCUT2D eigenvalue weighted by Crippen LogP contribution is 1.91. The van der Waals surface area contributed by atoms with Gasteiger partial charge in [0.2, 0.25) is 0 Å². The maximum Gasteiger partial charge on any atom is 0.331 e. The van der Waals surface area contributed by atoms with Gasteiger partial charge in [0.05, 0.1) is 27.1 Å². The van der Waals surface area contributed by atoms with E-state index in [-0.39, 0.29) is 26.1 Å². The van der Waals surface area contributed by atoms with Crippen LogP contribution in [0.4, 0.5) is 0 Å². The molecular formula is C12H16O8. The van der Waals surface area contributed by atoms with Crippen molar-refractivity contribution in [1.82, 2.24) is 0 Å². The molecule has 0 bridgehead atoms. The predicted octanol–water partition coefficient (Wildman–Crippen LogP) is -0.245. The SMILES string of the molecule is COC(=O)CCOC(=O)/C=C\C(=O)OCCC(=O)OC. The first-order valence-corrected chi connectivity index (χ1v) is 5.64. The van der Waals surface area contributed by atoms with Crippen LogP contribution in [0.5, 0.6) is 0 Å². The third-order valence-corrected chi connectivity index (χ3v) is 1.91. The molecule has 0 atom stereocenters. The van der Waals surface area contributed by atoms with Crippen LogP contribution >= 0.6 is 0 Å². The van der Waals surface area contributed by atoms with Crippen LogP contribution in [0, 0.1) is 0 Å². The van der Waals surface area contributed by atoms with Gasteiger partial charge in [0.1, 0.15) is 13.2 Å². The monoisotopic (exact) mass is 288 g/mol. The van der Waals surface area contributed by atoms with Gasteiger partial charge in [-0.1, -0.05) is 0 Å². The van der Waals surface area contributed by atoms with Crippen LogP contribution in [0.2, 0.25) is 0 Å². The van der Waals surface area contributed by atoms with Gasteiger partial charge in [-0.05, 0) is 0 Å². The molecule has 0 spiro atoms. The van der Waals surface area contributed by atoms with Gasteiger partial charge < -0.3 is 18.9 Å². The summed E-state index contributed by atoms with van der Waals surface area (Å²) in [5, 5.41) is 0. The Labute approximate surface area is 115 Å². The molecule has 0 N–H and O–H groups in total. The van der Waals surface area contributed by atoms with Crippen molar-refractivity contribution in [3.8, 4) is 0 Å². The summed E-state index contributed by atoms with van der Waals surface area (Å²) in [5.74, 6) is -2.61. The summed E-state index contributed by atoms with van der Waals surface area (Å²) >= 11 is 0. The van der Waals surface area contributed by atoms with E-state index in [0.29, 0.717) is 0 Å². The third-order valence-electron chi connectivity index (χ3n) is 1.91. The molecule has 8 heteroatoms. The molecule has 8 nitrogen and oxygen atoms in total. The number of esters is 4. The van der Waals surface area contributed by atoms with Crippen LogP contribution in [0.3, 0.4) is 0 Å². The van der Waals surface area contributed by atoms with Gasteiger partial charge in [-0.3, -0.25) is 9.59 Å². The Morgan fingerprint density at radius 2 is 1.10 bits per heavy atom. The van der Waals surface area contributed by atoms with Gasteiger partial charge in [-0.15, -0.1) is 0 Å². The Balaban J connectivity index is 3.80. The molecule has 0 saturated carbocycles. The first kappa shape index (κ1) is 17.6. The van der Waals surface area contributed by atoms with E-state index in [1.807, 2.05) is 0 Å². The van der Waals surface area contributed by atoms with E-state index in [2.05, 4.69) is 18.9 Å². The van der Waals surface area contributed by atoms with Crippen molar-refractivity contribution in [2.45, 2.75) is 12.8 Å². The summed E-state index contributed by atoms with van der Waals surface area (Å²) in [6, 6.07) is 0. The Kier molecular flexibility index (Phi) is 9.28. The molecule has 0 radical (unpaired) electrons. The fourth-order valence-electron chi connectivity index (χ4n) is 0.906. The summed E-state index contributed by atoms with van der Waals surface area (Å²) < 4.78 is 17.9. The van der Waals surface area contributed by atoms with Crippen LogP contribution in [-0.4, -0.2) is 51.3 Å². The predicted molar refractivity (Wildman–Crippen MR) is 64.3 cm³/mol. The smallest absolute Gasteiger partial charge is 0.331 e. The molecule has 0 aliphatic rings. The quantitative estimate of drug-likeness (QED) is 0.342. The second-order valence-electron chi connectivity index (χ2n) is 3.32. The average molecular weight is 288 g/mol. The number of ether oxygens (including phenoxy) is 4. The standard InChI is InChI=1S/C12H16O8/c1-17-9(13)5-7-19-11(15)3-4-12(16)20-8-6-10(14)18-2/h3-4H,5-8H2,1-2H3/b4-3-. The fraction of sp³-hybridized carbons (Fsp3) is 0.500. The van der Waals surface area contributed by atoms with Gasteiger partial charge in [0.25, 0.3) is 0 Å². The number of carbonyl (C=O) groups excluding carboxylic acids is 4. The molecular weight excluding hydrogens is 272 g/mol. The molecule has 0 aliphatic carbocycles. The summed E-state index contributed by atoms with van der Waals surface area (Å²) in [5.41, 5.74) is 0. The Morgan fingerprint density at radius 3 is 1.40 bits per heavy atom. The third kappa shape index (κ3) is 9.63. The summed E-state index contributed by atoms with van der Waals surface area (Å²) in [6.07, 6.45) is 1.58. The van der Waals surface area contributed by atoms with E-state index >= 15 is 0 Å². The number of hydrogen-bond acceptors (Lipinski definition) is 8. The second-order valence-corrected chi connectivity index (χ2v) is 3.32. The lowest BCUT2D eigenvalue weighted by Gasteiger charge is -2.01. The molecule has 0 aromatic heterocycles. The first-order valence-electron chi connectivity index (χ1n) is 5.64. The summed E-state index contributed by atoms with van der Waals surface area (Å²) in [7, 11) is 2.43. The van der Waals surface area contributed by atoms with E-state index in [9.17, 15) is 19.2 Å². The Bertz CT molecular complexity index is 349. The van der Waals surface area contributed by atoms with Crippen LogP contribution < -0.4 is 0 Å². The molecule has 0 rings (SSSR count). The van der Waals surface area contributed by atoms with Crippen molar-refractivity contribution in [1.29, 1.82) is 0 Å². The van der Waals surface area contributed by atoms with Crippen LogP contribution in [0.1, 0.15) is 12.8 Å². The second kappa shape index (κ2) is 10.5. The molecule has 20 heavy (non-hydrogen) atoms. The van der Waals surface area contributed by atoms with Crippen LogP contribution in [0.25, 0.3) is 0 Å². The maximum atomic E-state index is 11.1. The summed E-state index contributed by atoms with van der Waals surface area (Å²) in [4.78, 5) is 43.6. The molecule has 0 heterocycles. The number of carbonyl (C=O) groups is 4. The van der Waals surface area contributed by atoms with Crippen molar-refractivity contribution in [3.63, 3.8) is 0 Å². The zero-order chi connectivity index (χ0) is 15.4. The minimum absolute atomic E-state index is 0.0698. The minimum atomic E-state index is -0.793. The van der Waals surface area contributed by atoms with Crippen molar-refractivity contribution in [3.05, 3.63) is 12.2 Å². The zero-order valence-electron chi connectivity index (χ0n) is 11.2. The highest BCUT2D eigenvalue weighted by molar-refractivity contribution is 5.91. The van der Waals surface area contributed by atoms with Crippen LogP contribution in [-0.2, 0) is 38.1 Å². The number of hydrogen-bond donors (Lipinski definition) is 0. The van der Waals surface area contributed by atoms with Gasteiger partial charge in [-0.2, -0.15) is 0 Å². The zero-order valence-corrected chi connectivity index (χ0v) is 11.2. The maximum absolute atomic E-state index is 11.1. The normalized spacial score (nSPS) is 9.90. The molecule has 0 unspecified atom stereocenters. The van der Waals surface area contributed by atoms with E-state index in [1.54, 1.807) is 0 Å². The molecule has 0 amide bonds. The minimum Gasteiger partial charge on any atom is -0.469 e. The largest absolute Gasteiger partial charge is 0.469 e. The van der Waals surface area contributed by atoms with E-state index < -0.39 is 23.9 Å². The highest BCUT2D eigenvalue weighted by atomic mass is 16.6.